The molecular formula is C17H19N3O3S2. The van der Waals surface area contributed by atoms with E-state index in [1.54, 1.807) is 12.1 Å². The first-order valence-electron chi connectivity index (χ1n) is 8.16. The molecule has 0 aliphatic heterocycles. The van der Waals surface area contributed by atoms with E-state index in [1.807, 2.05) is 0 Å². The maximum absolute atomic E-state index is 12.0. The third-order valence-electron chi connectivity index (χ3n) is 4.12. The van der Waals surface area contributed by atoms with E-state index in [-0.39, 0.29) is 10.9 Å². The van der Waals surface area contributed by atoms with E-state index in [1.165, 1.54) is 28.9 Å². The molecule has 0 spiro atoms. The van der Waals surface area contributed by atoms with Gasteiger partial charge in [0.05, 0.1) is 11.8 Å². The lowest BCUT2D eigenvalue weighted by molar-refractivity contribution is 0.0949. The molecule has 4 N–H and O–H groups in total. The molecule has 0 atom stereocenters. The molecule has 2 amide bonds. The Bertz CT molecular complexity index is 796. The fourth-order valence-corrected chi connectivity index (χ4v) is 4.53. The Labute approximate surface area is 154 Å². The van der Waals surface area contributed by atoms with Gasteiger partial charge in [-0.15, -0.1) is 11.3 Å². The van der Waals surface area contributed by atoms with E-state index in [2.05, 4.69) is 10.6 Å². The van der Waals surface area contributed by atoms with E-state index in [0.717, 1.165) is 37.7 Å². The summed E-state index contributed by atoms with van der Waals surface area (Å²) in [5.74, 6) is -0.753. The van der Waals surface area contributed by atoms with Crippen molar-refractivity contribution in [2.24, 2.45) is 5.73 Å². The third-order valence-corrected chi connectivity index (χ3v) is 5.53. The Balaban J connectivity index is 1.79. The minimum atomic E-state index is -0.472. The van der Waals surface area contributed by atoms with E-state index in [0.29, 0.717) is 10.6 Å². The van der Waals surface area contributed by atoms with Gasteiger partial charge in [0, 0.05) is 4.88 Å². The van der Waals surface area contributed by atoms with E-state index < -0.39 is 11.8 Å². The SMILES string of the molecule is NC(=O)c1c(NC(=S)NC(=O)c2ccco2)sc2c1CCCCCC2. The van der Waals surface area contributed by atoms with Crippen molar-refractivity contribution < 1.29 is 14.0 Å². The summed E-state index contributed by atoms with van der Waals surface area (Å²) in [6.45, 7) is 0. The maximum atomic E-state index is 12.0. The number of aryl methyl sites for hydroxylation is 1. The van der Waals surface area contributed by atoms with Crippen LogP contribution in [0.15, 0.2) is 22.8 Å². The van der Waals surface area contributed by atoms with Gasteiger partial charge >= 0.3 is 0 Å². The van der Waals surface area contributed by atoms with Gasteiger partial charge in [-0.2, -0.15) is 0 Å². The number of nitrogens with one attached hydrogen (secondary N) is 2. The van der Waals surface area contributed by atoms with Gasteiger partial charge in [0.2, 0.25) is 0 Å². The first kappa shape index (κ1) is 17.6. The Kier molecular flexibility index (Phi) is 5.50. The summed E-state index contributed by atoms with van der Waals surface area (Å²) in [6.07, 6.45) is 7.70. The first-order chi connectivity index (χ1) is 12.1. The van der Waals surface area contributed by atoms with Gasteiger partial charge in [-0.3, -0.25) is 14.9 Å². The molecule has 8 heteroatoms. The molecule has 132 valence electrons. The van der Waals surface area contributed by atoms with Gasteiger partial charge in [-0.1, -0.05) is 12.8 Å². The number of amides is 2. The topological polar surface area (TPSA) is 97.4 Å². The second-order valence-electron chi connectivity index (χ2n) is 5.87. The highest BCUT2D eigenvalue weighted by Gasteiger charge is 2.23. The van der Waals surface area contributed by atoms with Gasteiger partial charge in [-0.25, -0.2) is 0 Å². The average Bonchev–Trinajstić information content (AvgIpc) is 3.15. The molecule has 25 heavy (non-hydrogen) atoms. The number of rotatable bonds is 3. The minimum Gasteiger partial charge on any atom is -0.459 e. The number of thiophene rings is 1. The fourth-order valence-electron chi connectivity index (χ4n) is 2.97. The second kappa shape index (κ2) is 7.79. The smallest absolute Gasteiger partial charge is 0.293 e. The normalized spacial score (nSPS) is 14.1. The van der Waals surface area contributed by atoms with Gasteiger partial charge in [0.1, 0.15) is 5.00 Å². The van der Waals surface area contributed by atoms with Crippen LogP contribution in [-0.4, -0.2) is 16.9 Å². The van der Waals surface area contributed by atoms with E-state index in [4.69, 9.17) is 22.4 Å². The van der Waals surface area contributed by atoms with Gasteiger partial charge in [0.15, 0.2) is 10.9 Å². The van der Waals surface area contributed by atoms with Crippen LogP contribution >= 0.6 is 23.6 Å². The molecule has 0 fully saturated rings. The fraction of sp³-hybridized carbons (Fsp3) is 0.353. The zero-order valence-electron chi connectivity index (χ0n) is 13.6. The van der Waals surface area contributed by atoms with Crippen LogP contribution in [0.4, 0.5) is 5.00 Å². The third kappa shape index (κ3) is 4.08. The van der Waals surface area contributed by atoms with E-state index in [9.17, 15) is 9.59 Å². The minimum absolute atomic E-state index is 0.109. The predicted octanol–water partition coefficient (Wildman–Crippen LogP) is 3.23. The molecule has 0 bridgehead atoms. The van der Waals surface area contributed by atoms with Crippen molar-refractivity contribution in [1.29, 1.82) is 0 Å². The largest absolute Gasteiger partial charge is 0.459 e. The predicted molar refractivity (Wildman–Crippen MR) is 101 cm³/mol. The van der Waals surface area contributed by atoms with Crippen molar-refractivity contribution in [2.75, 3.05) is 5.32 Å². The molecule has 3 rings (SSSR count). The van der Waals surface area contributed by atoms with Crippen molar-refractivity contribution in [3.05, 3.63) is 40.2 Å². The van der Waals surface area contributed by atoms with Crippen molar-refractivity contribution in [3.63, 3.8) is 0 Å². The molecule has 6 nitrogen and oxygen atoms in total. The summed E-state index contributed by atoms with van der Waals surface area (Å²) in [5.41, 5.74) is 7.13. The Morgan fingerprint density at radius 3 is 2.64 bits per heavy atom. The maximum Gasteiger partial charge on any atom is 0.293 e. The van der Waals surface area contributed by atoms with Crippen molar-refractivity contribution in [1.82, 2.24) is 5.32 Å². The van der Waals surface area contributed by atoms with Crippen molar-refractivity contribution in [3.8, 4) is 0 Å². The molecule has 1 aliphatic carbocycles. The quantitative estimate of drug-likeness (QED) is 0.714. The number of anilines is 1. The van der Waals surface area contributed by atoms with Gasteiger partial charge in [0.25, 0.3) is 11.8 Å². The molecule has 2 aromatic heterocycles. The van der Waals surface area contributed by atoms with Crippen molar-refractivity contribution >= 4 is 45.5 Å². The van der Waals surface area contributed by atoms with Crippen LogP contribution in [0.25, 0.3) is 0 Å². The van der Waals surface area contributed by atoms with Crippen LogP contribution in [0.3, 0.4) is 0 Å². The zero-order chi connectivity index (χ0) is 17.8. The first-order valence-corrected chi connectivity index (χ1v) is 9.39. The Morgan fingerprint density at radius 2 is 1.96 bits per heavy atom. The average molecular weight is 377 g/mol. The van der Waals surface area contributed by atoms with Crippen LogP contribution < -0.4 is 16.4 Å². The monoisotopic (exact) mass is 377 g/mol. The van der Waals surface area contributed by atoms with Crippen LogP contribution in [0.1, 0.15) is 57.0 Å². The molecular weight excluding hydrogens is 358 g/mol. The molecule has 0 aromatic carbocycles. The number of carbonyl (C=O) groups is 2. The lowest BCUT2D eigenvalue weighted by Gasteiger charge is -2.10. The Hall–Kier alpha value is -2.19. The summed E-state index contributed by atoms with van der Waals surface area (Å²) in [4.78, 5) is 25.2. The molecule has 1 aliphatic rings. The molecule has 0 radical (unpaired) electrons. The summed E-state index contributed by atoms with van der Waals surface area (Å²) < 4.78 is 5.03. The standard InChI is InChI=1S/C17H19N3O3S2/c18-14(21)13-10-6-3-1-2-4-8-12(10)25-16(13)20-17(24)19-15(22)11-7-5-9-23-11/h5,7,9H,1-4,6,8H2,(H2,18,21)(H2,19,20,22,24). The molecule has 0 unspecified atom stereocenters. The summed E-state index contributed by atoms with van der Waals surface area (Å²) in [7, 11) is 0. The lowest BCUT2D eigenvalue weighted by atomic mass is 9.96. The number of hydrogen-bond donors (Lipinski definition) is 3. The number of fused-ring (bicyclic) bond motifs is 1. The number of primary amides is 1. The highest BCUT2D eigenvalue weighted by atomic mass is 32.1. The highest BCUT2D eigenvalue weighted by Crippen LogP contribution is 2.36. The second-order valence-corrected chi connectivity index (χ2v) is 7.39. The van der Waals surface area contributed by atoms with Crippen molar-refractivity contribution in [2.45, 2.75) is 38.5 Å². The number of hydrogen-bond acceptors (Lipinski definition) is 5. The number of thiocarbonyl (C=S) groups is 1. The summed E-state index contributed by atoms with van der Waals surface area (Å²) in [5, 5.41) is 6.21. The van der Waals surface area contributed by atoms with Crippen LogP contribution in [0, 0.1) is 0 Å². The Morgan fingerprint density at radius 1 is 1.20 bits per heavy atom. The van der Waals surface area contributed by atoms with Crippen LogP contribution in [0.2, 0.25) is 0 Å². The molecule has 2 heterocycles. The molecule has 0 saturated carbocycles. The number of nitrogens with two attached hydrogens (primary N) is 1. The molecule has 0 saturated heterocycles. The summed E-state index contributed by atoms with van der Waals surface area (Å²) in [6, 6.07) is 3.17. The van der Waals surface area contributed by atoms with Gasteiger partial charge < -0.3 is 15.5 Å². The zero-order valence-corrected chi connectivity index (χ0v) is 15.2. The van der Waals surface area contributed by atoms with E-state index >= 15 is 0 Å². The molecule has 2 aromatic rings. The van der Waals surface area contributed by atoms with Crippen LogP contribution in [-0.2, 0) is 12.8 Å². The highest BCUT2D eigenvalue weighted by molar-refractivity contribution is 7.80. The van der Waals surface area contributed by atoms with Crippen LogP contribution in [0.5, 0.6) is 0 Å². The van der Waals surface area contributed by atoms with Gasteiger partial charge in [-0.05, 0) is 55.6 Å². The number of furan rings is 1. The summed E-state index contributed by atoms with van der Waals surface area (Å²) >= 11 is 6.69. The lowest BCUT2D eigenvalue weighted by Crippen LogP contribution is -2.34. The number of carbonyl (C=O) groups excluding carboxylic acids is 2.